The van der Waals surface area contributed by atoms with Crippen molar-refractivity contribution in [2.45, 2.75) is 38.1 Å². The summed E-state index contributed by atoms with van der Waals surface area (Å²) in [6.07, 6.45) is 0.611. The third-order valence-corrected chi connectivity index (χ3v) is 3.49. The Morgan fingerprint density at radius 2 is 1.94 bits per heavy atom. The van der Waals surface area contributed by atoms with Gasteiger partial charge in [-0.1, -0.05) is 37.3 Å². The quantitative estimate of drug-likeness (QED) is 0.833. The van der Waals surface area contributed by atoms with E-state index in [1.54, 1.807) is 0 Å². The molecular weight excluding hydrogens is 216 g/mol. The summed E-state index contributed by atoms with van der Waals surface area (Å²) < 4.78 is 5.76. The highest BCUT2D eigenvalue weighted by molar-refractivity contribution is 5.16. The maximum Gasteiger partial charge on any atom is 0.0879 e. The van der Waals surface area contributed by atoms with Crippen LogP contribution < -0.4 is 0 Å². The van der Waals surface area contributed by atoms with Crippen molar-refractivity contribution in [3.8, 4) is 0 Å². The van der Waals surface area contributed by atoms with E-state index in [1.807, 2.05) is 37.3 Å². The number of rotatable bonds is 3. The molecule has 0 spiro atoms. The van der Waals surface area contributed by atoms with Crippen molar-refractivity contribution in [3.63, 3.8) is 0 Å². The Hall–Kier alpha value is -0.900. The number of aliphatic hydroxyl groups is 2. The molecule has 4 atom stereocenters. The summed E-state index contributed by atoms with van der Waals surface area (Å²) in [5.74, 6) is 0.210. The molecule has 1 fully saturated rings. The van der Waals surface area contributed by atoms with E-state index < -0.39 is 6.10 Å². The van der Waals surface area contributed by atoms with Crippen molar-refractivity contribution in [1.29, 1.82) is 0 Å². The van der Waals surface area contributed by atoms with Gasteiger partial charge in [-0.25, -0.2) is 0 Å². The smallest absolute Gasteiger partial charge is 0.0879 e. The Balaban J connectivity index is 2.00. The molecule has 1 aromatic carbocycles. The zero-order valence-corrected chi connectivity index (χ0v) is 10.1. The summed E-state index contributed by atoms with van der Waals surface area (Å²) in [7, 11) is 0. The van der Waals surface area contributed by atoms with Gasteiger partial charge >= 0.3 is 0 Å². The fourth-order valence-electron chi connectivity index (χ4n) is 2.39. The molecule has 3 heteroatoms. The van der Waals surface area contributed by atoms with Crippen LogP contribution in [0.4, 0.5) is 0 Å². The van der Waals surface area contributed by atoms with Crippen molar-refractivity contribution in [1.82, 2.24) is 0 Å². The van der Waals surface area contributed by atoms with Gasteiger partial charge < -0.3 is 14.9 Å². The van der Waals surface area contributed by atoms with Gasteiger partial charge in [-0.15, -0.1) is 0 Å². The number of benzene rings is 1. The molecule has 0 amide bonds. The first-order valence-electron chi connectivity index (χ1n) is 6.19. The average Bonchev–Trinajstić information content (AvgIpc) is 2.34. The van der Waals surface area contributed by atoms with Crippen molar-refractivity contribution in [2.75, 3.05) is 6.61 Å². The van der Waals surface area contributed by atoms with E-state index in [4.69, 9.17) is 4.74 Å². The second-order valence-corrected chi connectivity index (χ2v) is 4.87. The normalized spacial score (nSPS) is 33.6. The molecule has 1 saturated heterocycles. The summed E-state index contributed by atoms with van der Waals surface area (Å²) in [6.45, 7) is 2.03. The molecule has 0 aliphatic carbocycles. The van der Waals surface area contributed by atoms with Crippen LogP contribution in [0.5, 0.6) is 0 Å². The third kappa shape index (κ3) is 3.06. The number of aliphatic hydroxyl groups excluding tert-OH is 2. The highest BCUT2D eigenvalue weighted by Gasteiger charge is 2.34. The van der Waals surface area contributed by atoms with E-state index in [0.29, 0.717) is 12.8 Å². The third-order valence-electron chi connectivity index (χ3n) is 3.49. The molecule has 17 heavy (non-hydrogen) atoms. The van der Waals surface area contributed by atoms with Crippen molar-refractivity contribution in [2.24, 2.45) is 5.92 Å². The first-order chi connectivity index (χ1) is 8.20. The van der Waals surface area contributed by atoms with Crippen molar-refractivity contribution < 1.29 is 14.9 Å². The second-order valence-electron chi connectivity index (χ2n) is 4.87. The van der Waals surface area contributed by atoms with Gasteiger partial charge in [0.1, 0.15) is 0 Å². The van der Waals surface area contributed by atoms with Crippen LogP contribution in [-0.2, 0) is 11.2 Å². The molecule has 1 heterocycles. The SMILES string of the molecule is CC1CC(O)C(Cc2ccccc2)OC1CO. The lowest BCUT2D eigenvalue weighted by molar-refractivity contribution is -0.152. The lowest BCUT2D eigenvalue weighted by atomic mass is 9.89. The van der Waals surface area contributed by atoms with Gasteiger partial charge in [0, 0.05) is 6.42 Å². The molecule has 2 N–H and O–H groups in total. The molecular formula is C14H20O3. The largest absolute Gasteiger partial charge is 0.394 e. The Kier molecular flexibility index (Phi) is 4.15. The van der Waals surface area contributed by atoms with Gasteiger partial charge in [-0.05, 0) is 17.9 Å². The summed E-state index contributed by atoms with van der Waals surface area (Å²) in [6, 6.07) is 10.00. The van der Waals surface area contributed by atoms with Crippen LogP contribution in [0.15, 0.2) is 30.3 Å². The standard InChI is InChI=1S/C14H20O3/c1-10-7-12(16)13(17-14(10)9-15)8-11-5-3-2-4-6-11/h2-6,10,12-16H,7-9H2,1H3. The molecule has 1 aliphatic rings. The summed E-state index contributed by atoms with van der Waals surface area (Å²) in [5.41, 5.74) is 1.16. The Bertz CT molecular complexity index is 339. The van der Waals surface area contributed by atoms with Gasteiger partial charge in [0.15, 0.2) is 0 Å². The van der Waals surface area contributed by atoms with E-state index in [0.717, 1.165) is 5.56 Å². The molecule has 0 saturated carbocycles. The zero-order valence-electron chi connectivity index (χ0n) is 10.1. The fourth-order valence-corrected chi connectivity index (χ4v) is 2.39. The fraction of sp³-hybridized carbons (Fsp3) is 0.571. The number of ether oxygens (including phenoxy) is 1. The summed E-state index contributed by atoms with van der Waals surface area (Å²) in [4.78, 5) is 0. The maximum atomic E-state index is 10.0. The monoisotopic (exact) mass is 236 g/mol. The first-order valence-corrected chi connectivity index (χ1v) is 6.19. The molecule has 0 radical (unpaired) electrons. The summed E-state index contributed by atoms with van der Waals surface area (Å²) in [5, 5.41) is 19.2. The van der Waals surface area contributed by atoms with Gasteiger partial charge in [0.05, 0.1) is 24.9 Å². The summed E-state index contributed by atoms with van der Waals surface area (Å²) >= 11 is 0. The zero-order chi connectivity index (χ0) is 12.3. The lowest BCUT2D eigenvalue weighted by Crippen LogP contribution is -2.45. The highest BCUT2D eigenvalue weighted by atomic mass is 16.5. The van der Waals surface area contributed by atoms with Crippen LogP contribution >= 0.6 is 0 Å². The van der Waals surface area contributed by atoms with Gasteiger partial charge in [-0.3, -0.25) is 0 Å². The van der Waals surface area contributed by atoms with Crippen molar-refractivity contribution in [3.05, 3.63) is 35.9 Å². The maximum absolute atomic E-state index is 10.0. The Morgan fingerprint density at radius 1 is 1.24 bits per heavy atom. The molecule has 0 aromatic heterocycles. The van der Waals surface area contributed by atoms with Gasteiger partial charge in [0.2, 0.25) is 0 Å². The highest BCUT2D eigenvalue weighted by Crippen LogP contribution is 2.26. The molecule has 94 valence electrons. The molecule has 3 nitrogen and oxygen atoms in total. The molecule has 1 aliphatic heterocycles. The van der Waals surface area contributed by atoms with Gasteiger partial charge in [-0.2, -0.15) is 0 Å². The molecule has 2 rings (SSSR count). The van der Waals surface area contributed by atoms with Crippen LogP contribution in [0, 0.1) is 5.92 Å². The first kappa shape index (κ1) is 12.6. The van der Waals surface area contributed by atoms with E-state index >= 15 is 0 Å². The number of hydrogen-bond donors (Lipinski definition) is 2. The lowest BCUT2D eigenvalue weighted by Gasteiger charge is -2.37. The van der Waals surface area contributed by atoms with E-state index in [1.165, 1.54) is 0 Å². The van der Waals surface area contributed by atoms with E-state index in [2.05, 4.69) is 0 Å². The Labute approximate surface area is 102 Å². The van der Waals surface area contributed by atoms with E-state index in [9.17, 15) is 10.2 Å². The second kappa shape index (κ2) is 5.63. The van der Waals surface area contributed by atoms with Crippen LogP contribution in [-0.4, -0.2) is 35.1 Å². The van der Waals surface area contributed by atoms with E-state index in [-0.39, 0.29) is 24.7 Å². The molecule has 0 bridgehead atoms. The molecule has 4 unspecified atom stereocenters. The minimum Gasteiger partial charge on any atom is -0.394 e. The number of hydrogen-bond acceptors (Lipinski definition) is 3. The molecule has 1 aromatic rings. The predicted octanol–water partition coefficient (Wildman–Crippen LogP) is 1.38. The minimum absolute atomic E-state index is 0.0270. The Morgan fingerprint density at radius 3 is 2.59 bits per heavy atom. The van der Waals surface area contributed by atoms with Crippen LogP contribution in [0.3, 0.4) is 0 Å². The average molecular weight is 236 g/mol. The van der Waals surface area contributed by atoms with Crippen LogP contribution in [0.1, 0.15) is 18.9 Å². The predicted molar refractivity (Wildman–Crippen MR) is 65.7 cm³/mol. The minimum atomic E-state index is -0.437. The van der Waals surface area contributed by atoms with Crippen LogP contribution in [0.2, 0.25) is 0 Å². The topological polar surface area (TPSA) is 49.7 Å². The van der Waals surface area contributed by atoms with Crippen molar-refractivity contribution >= 4 is 0 Å². The van der Waals surface area contributed by atoms with Gasteiger partial charge in [0.25, 0.3) is 0 Å². The van der Waals surface area contributed by atoms with Crippen LogP contribution in [0.25, 0.3) is 0 Å².